The minimum Gasteiger partial charge on any atom is -0.396 e. The molecule has 1 amide bonds. The number of hydrogen-bond acceptors (Lipinski definition) is 4. The van der Waals surface area contributed by atoms with E-state index >= 15 is 0 Å². The number of rotatable bonds is 5. The number of nitrogens with two attached hydrogens (primary N) is 1. The smallest absolute Gasteiger partial charge is 0.243 e. The zero-order valence-electron chi connectivity index (χ0n) is 11.6. The quantitative estimate of drug-likeness (QED) is 0.774. The van der Waals surface area contributed by atoms with Crippen molar-refractivity contribution in [2.75, 3.05) is 25.9 Å². The highest BCUT2D eigenvalue weighted by Crippen LogP contribution is 2.23. The van der Waals surface area contributed by atoms with Gasteiger partial charge in [-0.15, -0.1) is 0 Å². The average molecular weight is 303 g/mol. The van der Waals surface area contributed by atoms with Crippen molar-refractivity contribution in [3.05, 3.63) is 23.5 Å². The van der Waals surface area contributed by atoms with E-state index in [0.717, 1.165) is 10.4 Å². The molecule has 0 saturated carbocycles. The Morgan fingerprint density at radius 1 is 1.45 bits per heavy atom. The second-order valence-electron chi connectivity index (χ2n) is 4.25. The molecule has 0 aliphatic rings. The van der Waals surface area contributed by atoms with Crippen molar-refractivity contribution in [1.29, 1.82) is 0 Å². The molecule has 1 aromatic rings. The van der Waals surface area contributed by atoms with Gasteiger partial charge in [0.2, 0.25) is 15.9 Å². The van der Waals surface area contributed by atoms with Crippen LogP contribution in [0.25, 0.3) is 0 Å². The van der Waals surface area contributed by atoms with Gasteiger partial charge in [0.1, 0.15) is 5.82 Å². The summed E-state index contributed by atoms with van der Waals surface area (Å²) in [7, 11) is -2.47. The fraction of sp³-hybridized carbons (Fsp3) is 0.417. The first-order valence-electron chi connectivity index (χ1n) is 6.00. The van der Waals surface area contributed by atoms with E-state index in [2.05, 4.69) is 5.32 Å². The molecule has 0 saturated heterocycles. The molecule has 20 heavy (non-hydrogen) atoms. The molecule has 0 heterocycles. The van der Waals surface area contributed by atoms with Crippen LogP contribution in [0.1, 0.15) is 12.5 Å². The Bertz CT molecular complexity index is 593. The predicted octanol–water partition coefficient (Wildman–Crippen LogP) is 0.473. The highest BCUT2D eigenvalue weighted by Gasteiger charge is 2.26. The van der Waals surface area contributed by atoms with E-state index in [-0.39, 0.29) is 29.2 Å². The summed E-state index contributed by atoms with van der Waals surface area (Å²) in [5.41, 5.74) is 5.35. The van der Waals surface area contributed by atoms with Crippen molar-refractivity contribution >= 4 is 21.6 Å². The van der Waals surface area contributed by atoms with Crippen LogP contribution < -0.4 is 11.1 Å². The highest BCUT2D eigenvalue weighted by molar-refractivity contribution is 7.89. The molecule has 1 rings (SSSR count). The Hall–Kier alpha value is -1.67. The number of carbonyl (C=O) groups is 1. The van der Waals surface area contributed by atoms with E-state index in [1.807, 2.05) is 0 Å². The highest BCUT2D eigenvalue weighted by atomic mass is 32.2. The molecule has 8 heteroatoms. The third kappa shape index (κ3) is 3.26. The summed E-state index contributed by atoms with van der Waals surface area (Å²) in [4.78, 5) is 11.2. The van der Waals surface area contributed by atoms with Crippen LogP contribution >= 0.6 is 0 Å². The van der Waals surface area contributed by atoms with Gasteiger partial charge >= 0.3 is 0 Å². The van der Waals surface area contributed by atoms with Crippen LogP contribution in [0.3, 0.4) is 0 Å². The van der Waals surface area contributed by atoms with E-state index in [4.69, 9.17) is 5.73 Å². The molecule has 3 N–H and O–H groups in total. The van der Waals surface area contributed by atoms with E-state index in [0.29, 0.717) is 0 Å². The molecule has 0 aromatic heterocycles. The SMILES string of the molecule is CCN(CC(=O)NC)S(=O)(=O)c1cc(C)c(F)c(N)c1. The van der Waals surface area contributed by atoms with Gasteiger partial charge in [-0.1, -0.05) is 6.92 Å². The van der Waals surface area contributed by atoms with Crippen LogP contribution in [0.4, 0.5) is 10.1 Å². The number of nitrogens with zero attached hydrogens (tertiary/aromatic N) is 1. The topological polar surface area (TPSA) is 92.5 Å². The van der Waals surface area contributed by atoms with E-state index < -0.39 is 21.7 Å². The summed E-state index contributed by atoms with van der Waals surface area (Å²) in [6, 6.07) is 2.26. The predicted molar refractivity (Wildman–Crippen MR) is 74.0 cm³/mol. The zero-order valence-corrected chi connectivity index (χ0v) is 12.4. The lowest BCUT2D eigenvalue weighted by Crippen LogP contribution is -2.39. The third-order valence-electron chi connectivity index (χ3n) is 2.85. The summed E-state index contributed by atoms with van der Waals surface area (Å²) in [5.74, 6) is -1.07. The first-order chi connectivity index (χ1) is 9.23. The summed E-state index contributed by atoms with van der Waals surface area (Å²) in [6.07, 6.45) is 0. The molecule has 0 bridgehead atoms. The number of benzene rings is 1. The molecule has 0 radical (unpaired) electrons. The molecule has 0 spiro atoms. The second kappa shape index (κ2) is 6.19. The number of anilines is 1. The normalized spacial score (nSPS) is 11.7. The molecular formula is C12H18FN3O3S. The molecule has 1 aromatic carbocycles. The minimum absolute atomic E-state index is 0.117. The van der Waals surface area contributed by atoms with Crippen molar-refractivity contribution in [3.63, 3.8) is 0 Å². The lowest BCUT2D eigenvalue weighted by Gasteiger charge is -2.20. The van der Waals surface area contributed by atoms with Crippen molar-refractivity contribution in [2.24, 2.45) is 0 Å². The van der Waals surface area contributed by atoms with Crippen LogP contribution in [-0.2, 0) is 14.8 Å². The maximum atomic E-state index is 13.4. The molecule has 0 fully saturated rings. The van der Waals surface area contributed by atoms with Crippen LogP contribution in [0.2, 0.25) is 0 Å². The van der Waals surface area contributed by atoms with Gasteiger partial charge in [-0.3, -0.25) is 4.79 Å². The molecule has 6 nitrogen and oxygen atoms in total. The van der Waals surface area contributed by atoms with Crippen molar-refractivity contribution in [1.82, 2.24) is 9.62 Å². The summed E-state index contributed by atoms with van der Waals surface area (Å²) < 4.78 is 39.2. The Morgan fingerprint density at radius 3 is 2.50 bits per heavy atom. The Kier molecular flexibility index (Phi) is 5.07. The van der Waals surface area contributed by atoms with Gasteiger partial charge in [-0.05, 0) is 24.6 Å². The van der Waals surface area contributed by atoms with Crippen molar-refractivity contribution in [3.8, 4) is 0 Å². The van der Waals surface area contributed by atoms with Gasteiger partial charge < -0.3 is 11.1 Å². The van der Waals surface area contributed by atoms with Gasteiger partial charge in [0.05, 0.1) is 17.1 Å². The van der Waals surface area contributed by atoms with Gasteiger partial charge in [0, 0.05) is 13.6 Å². The van der Waals surface area contributed by atoms with E-state index in [1.165, 1.54) is 20.0 Å². The molecule has 0 atom stereocenters. The number of nitrogen functional groups attached to an aromatic ring is 1. The molecule has 0 aliphatic heterocycles. The monoisotopic (exact) mass is 303 g/mol. The molecule has 112 valence electrons. The summed E-state index contributed by atoms with van der Waals surface area (Å²) in [5, 5.41) is 2.36. The molecular weight excluding hydrogens is 285 g/mol. The number of carbonyl (C=O) groups excluding carboxylic acids is 1. The fourth-order valence-corrected chi connectivity index (χ4v) is 3.19. The minimum atomic E-state index is -3.89. The van der Waals surface area contributed by atoms with Crippen LogP contribution in [0.5, 0.6) is 0 Å². The first kappa shape index (κ1) is 16.4. The summed E-state index contributed by atoms with van der Waals surface area (Å²) >= 11 is 0. The maximum absolute atomic E-state index is 13.4. The van der Waals surface area contributed by atoms with Crippen LogP contribution in [0, 0.1) is 12.7 Å². The van der Waals surface area contributed by atoms with Gasteiger partial charge in [0.25, 0.3) is 0 Å². The molecule has 0 aliphatic carbocycles. The second-order valence-corrected chi connectivity index (χ2v) is 6.19. The number of nitrogens with one attached hydrogen (secondary N) is 1. The van der Waals surface area contributed by atoms with Crippen LogP contribution in [-0.4, -0.2) is 38.8 Å². The average Bonchev–Trinajstić information content (AvgIpc) is 2.40. The fourth-order valence-electron chi connectivity index (χ4n) is 1.67. The Labute approximate surface area is 117 Å². The number of aryl methyl sites for hydroxylation is 1. The number of halogens is 1. The largest absolute Gasteiger partial charge is 0.396 e. The lowest BCUT2D eigenvalue weighted by atomic mass is 10.2. The van der Waals surface area contributed by atoms with Gasteiger partial charge in [0.15, 0.2) is 0 Å². The van der Waals surface area contributed by atoms with Crippen LogP contribution in [0.15, 0.2) is 17.0 Å². The molecule has 0 unspecified atom stereocenters. The lowest BCUT2D eigenvalue weighted by molar-refractivity contribution is -0.120. The number of hydrogen-bond donors (Lipinski definition) is 2. The van der Waals surface area contributed by atoms with E-state index in [9.17, 15) is 17.6 Å². The number of sulfonamides is 1. The standard InChI is InChI=1S/C12H18FN3O3S/c1-4-16(7-11(17)15-3)20(18,19)9-5-8(2)12(13)10(14)6-9/h5-6H,4,7,14H2,1-3H3,(H,15,17). The first-order valence-corrected chi connectivity index (χ1v) is 7.44. The number of amides is 1. The van der Waals surface area contributed by atoms with Crippen molar-refractivity contribution < 1.29 is 17.6 Å². The number of likely N-dealkylation sites (N-methyl/N-ethyl adjacent to an activating group) is 2. The van der Waals surface area contributed by atoms with Gasteiger partial charge in [-0.25, -0.2) is 12.8 Å². The zero-order chi connectivity index (χ0) is 15.5. The Balaban J connectivity index is 3.24. The van der Waals surface area contributed by atoms with Crippen molar-refractivity contribution in [2.45, 2.75) is 18.7 Å². The maximum Gasteiger partial charge on any atom is 0.243 e. The summed E-state index contributed by atoms with van der Waals surface area (Å²) in [6.45, 7) is 2.86. The Morgan fingerprint density at radius 2 is 2.05 bits per heavy atom. The van der Waals surface area contributed by atoms with Gasteiger partial charge in [-0.2, -0.15) is 4.31 Å². The van der Waals surface area contributed by atoms with E-state index in [1.54, 1.807) is 6.92 Å². The third-order valence-corrected chi connectivity index (χ3v) is 4.74.